The summed E-state index contributed by atoms with van der Waals surface area (Å²) in [7, 11) is 0. The van der Waals surface area contributed by atoms with Gasteiger partial charge in [-0.2, -0.15) is 0 Å². The van der Waals surface area contributed by atoms with Crippen LogP contribution >= 0.6 is 15.9 Å². The second-order valence-electron chi connectivity index (χ2n) is 2.68. The monoisotopic (exact) mass is 271 g/mol. The first kappa shape index (κ1) is 14.3. The van der Waals surface area contributed by atoms with E-state index in [4.69, 9.17) is 4.74 Å². The standard InChI is InChI=1S/C10H12BrNO.C2H6/c1-3-6-13-7-9-4-5-10(11)12-8(9)2;1-2/h3-5H,1,6-7H2,2H3;1-2H3. The van der Waals surface area contributed by atoms with Crippen LogP contribution in [0.25, 0.3) is 0 Å². The second kappa shape index (κ2) is 8.62. The third kappa shape index (κ3) is 5.70. The number of aromatic nitrogens is 1. The van der Waals surface area contributed by atoms with E-state index in [0.29, 0.717) is 13.2 Å². The van der Waals surface area contributed by atoms with Crippen LogP contribution in [0.4, 0.5) is 0 Å². The minimum absolute atomic E-state index is 0.579. The van der Waals surface area contributed by atoms with Gasteiger partial charge in [-0.15, -0.1) is 6.58 Å². The Morgan fingerprint density at radius 2 is 2.13 bits per heavy atom. The van der Waals surface area contributed by atoms with E-state index in [1.807, 2.05) is 32.9 Å². The molecule has 0 N–H and O–H groups in total. The van der Waals surface area contributed by atoms with E-state index in [1.54, 1.807) is 6.08 Å². The van der Waals surface area contributed by atoms with Crippen molar-refractivity contribution in [2.45, 2.75) is 27.4 Å². The zero-order valence-electron chi connectivity index (χ0n) is 9.59. The molecule has 1 heterocycles. The molecule has 15 heavy (non-hydrogen) atoms. The summed E-state index contributed by atoms with van der Waals surface area (Å²) in [5.41, 5.74) is 2.11. The first-order chi connectivity index (χ1) is 7.24. The largest absolute Gasteiger partial charge is 0.373 e. The van der Waals surface area contributed by atoms with E-state index in [-0.39, 0.29) is 0 Å². The second-order valence-corrected chi connectivity index (χ2v) is 3.49. The van der Waals surface area contributed by atoms with Gasteiger partial charge >= 0.3 is 0 Å². The van der Waals surface area contributed by atoms with Crippen molar-refractivity contribution < 1.29 is 4.74 Å². The van der Waals surface area contributed by atoms with Crippen molar-refractivity contribution in [3.63, 3.8) is 0 Å². The van der Waals surface area contributed by atoms with E-state index in [0.717, 1.165) is 15.9 Å². The van der Waals surface area contributed by atoms with Crippen molar-refractivity contribution in [2.75, 3.05) is 6.61 Å². The topological polar surface area (TPSA) is 22.1 Å². The van der Waals surface area contributed by atoms with Crippen LogP contribution in [0.3, 0.4) is 0 Å². The highest BCUT2D eigenvalue weighted by atomic mass is 79.9. The number of halogens is 1. The molecular formula is C12H18BrNO. The molecule has 0 bridgehead atoms. The number of hydrogen-bond acceptors (Lipinski definition) is 2. The van der Waals surface area contributed by atoms with Gasteiger partial charge in [0.2, 0.25) is 0 Å². The van der Waals surface area contributed by atoms with Crippen LogP contribution in [0.5, 0.6) is 0 Å². The molecule has 0 atom stereocenters. The van der Waals surface area contributed by atoms with Crippen molar-refractivity contribution in [1.29, 1.82) is 0 Å². The normalized spacial score (nSPS) is 9.07. The van der Waals surface area contributed by atoms with Gasteiger partial charge in [-0.05, 0) is 34.5 Å². The molecule has 1 rings (SSSR count). The van der Waals surface area contributed by atoms with Crippen LogP contribution in [0.2, 0.25) is 0 Å². The summed E-state index contributed by atoms with van der Waals surface area (Å²) in [6.07, 6.45) is 1.74. The molecule has 1 aromatic heterocycles. The number of pyridine rings is 1. The molecule has 0 spiro atoms. The summed E-state index contributed by atoms with van der Waals surface area (Å²) in [5.74, 6) is 0. The van der Waals surface area contributed by atoms with Crippen LogP contribution < -0.4 is 0 Å². The van der Waals surface area contributed by atoms with Crippen molar-refractivity contribution in [3.8, 4) is 0 Å². The predicted molar refractivity (Wildman–Crippen MR) is 67.9 cm³/mol. The fourth-order valence-corrected chi connectivity index (χ4v) is 1.36. The molecule has 0 aromatic carbocycles. The van der Waals surface area contributed by atoms with Gasteiger partial charge in [-0.3, -0.25) is 0 Å². The molecule has 0 fully saturated rings. The highest BCUT2D eigenvalue weighted by Crippen LogP contribution is 2.12. The van der Waals surface area contributed by atoms with E-state index in [1.165, 1.54) is 0 Å². The van der Waals surface area contributed by atoms with E-state index in [2.05, 4.69) is 27.5 Å². The van der Waals surface area contributed by atoms with Crippen molar-refractivity contribution in [2.24, 2.45) is 0 Å². The van der Waals surface area contributed by atoms with Crippen LogP contribution in [-0.4, -0.2) is 11.6 Å². The summed E-state index contributed by atoms with van der Waals surface area (Å²) in [5, 5.41) is 0. The summed E-state index contributed by atoms with van der Waals surface area (Å²) in [4.78, 5) is 4.26. The van der Waals surface area contributed by atoms with Crippen LogP contribution in [0.1, 0.15) is 25.1 Å². The zero-order valence-corrected chi connectivity index (χ0v) is 11.2. The van der Waals surface area contributed by atoms with Crippen molar-refractivity contribution >= 4 is 15.9 Å². The Bertz CT molecular complexity index is 300. The first-order valence-electron chi connectivity index (χ1n) is 5.04. The third-order valence-corrected chi connectivity index (χ3v) is 2.10. The maximum absolute atomic E-state index is 5.32. The van der Waals surface area contributed by atoms with Crippen molar-refractivity contribution in [3.05, 3.63) is 40.6 Å². The average molecular weight is 272 g/mol. The molecule has 0 aliphatic rings. The Morgan fingerprint density at radius 1 is 1.47 bits per heavy atom. The van der Waals surface area contributed by atoms with Gasteiger partial charge < -0.3 is 4.74 Å². The quantitative estimate of drug-likeness (QED) is 0.471. The fourth-order valence-electron chi connectivity index (χ4n) is 0.964. The predicted octanol–water partition coefficient (Wildman–Crippen LogP) is 3.88. The molecular weight excluding hydrogens is 254 g/mol. The van der Waals surface area contributed by atoms with Crippen LogP contribution in [0, 0.1) is 6.92 Å². The molecule has 0 amide bonds. The van der Waals surface area contributed by atoms with Crippen LogP contribution in [0.15, 0.2) is 29.4 Å². The highest BCUT2D eigenvalue weighted by Gasteiger charge is 1.99. The number of aryl methyl sites for hydroxylation is 1. The molecule has 0 unspecified atom stereocenters. The van der Waals surface area contributed by atoms with Gasteiger partial charge in [0.05, 0.1) is 13.2 Å². The molecule has 0 radical (unpaired) electrons. The molecule has 0 saturated carbocycles. The Balaban J connectivity index is 0.000000921. The minimum Gasteiger partial charge on any atom is -0.373 e. The Morgan fingerprint density at radius 3 is 2.67 bits per heavy atom. The smallest absolute Gasteiger partial charge is 0.106 e. The molecule has 0 aliphatic heterocycles. The lowest BCUT2D eigenvalue weighted by atomic mass is 10.2. The van der Waals surface area contributed by atoms with Gasteiger partial charge in [-0.25, -0.2) is 4.98 Å². The summed E-state index contributed by atoms with van der Waals surface area (Å²) in [6.45, 7) is 10.7. The Kier molecular flexibility index (Phi) is 8.24. The fraction of sp³-hybridized carbons (Fsp3) is 0.417. The highest BCUT2D eigenvalue weighted by molar-refractivity contribution is 9.10. The summed E-state index contributed by atoms with van der Waals surface area (Å²) >= 11 is 3.31. The third-order valence-electron chi connectivity index (χ3n) is 1.65. The van der Waals surface area contributed by atoms with Gasteiger partial charge in [-0.1, -0.05) is 26.0 Å². The lowest BCUT2D eigenvalue weighted by Crippen LogP contribution is -1.97. The number of ether oxygens (including phenoxy) is 1. The lowest BCUT2D eigenvalue weighted by Gasteiger charge is -2.04. The van der Waals surface area contributed by atoms with Gasteiger partial charge in [0.25, 0.3) is 0 Å². The van der Waals surface area contributed by atoms with E-state index in [9.17, 15) is 0 Å². The molecule has 3 heteroatoms. The molecule has 1 aromatic rings. The van der Waals surface area contributed by atoms with E-state index >= 15 is 0 Å². The Labute approximate surface area is 101 Å². The molecule has 0 aliphatic carbocycles. The minimum atomic E-state index is 0.579. The maximum atomic E-state index is 5.32. The van der Waals surface area contributed by atoms with Gasteiger partial charge in [0.15, 0.2) is 0 Å². The van der Waals surface area contributed by atoms with Gasteiger partial charge in [0.1, 0.15) is 4.60 Å². The lowest BCUT2D eigenvalue weighted by molar-refractivity contribution is 0.148. The number of hydrogen-bond donors (Lipinski definition) is 0. The maximum Gasteiger partial charge on any atom is 0.106 e. The molecule has 0 saturated heterocycles. The summed E-state index contributed by atoms with van der Waals surface area (Å²) in [6, 6.07) is 3.93. The zero-order chi connectivity index (χ0) is 11.7. The Hall–Kier alpha value is -0.670. The average Bonchev–Trinajstić information content (AvgIpc) is 2.24. The SMILES string of the molecule is C=CCOCc1ccc(Br)nc1C.CC. The molecule has 84 valence electrons. The first-order valence-corrected chi connectivity index (χ1v) is 5.84. The molecule has 2 nitrogen and oxygen atoms in total. The van der Waals surface area contributed by atoms with Crippen LogP contribution in [-0.2, 0) is 11.3 Å². The van der Waals surface area contributed by atoms with E-state index < -0.39 is 0 Å². The number of rotatable bonds is 4. The summed E-state index contributed by atoms with van der Waals surface area (Å²) < 4.78 is 6.17. The van der Waals surface area contributed by atoms with Crippen molar-refractivity contribution in [1.82, 2.24) is 4.98 Å². The number of nitrogens with zero attached hydrogens (tertiary/aromatic N) is 1. The van der Waals surface area contributed by atoms with Gasteiger partial charge in [0, 0.05) is 5.69 Å².